The van der Waals surface area contributed by atoms with Crippen molar-refractivity contribution in [2.24, 2.45) is 0 Å². The van der Waals surface area contributed by atoms with Gasteiger partial charge in [-0.1, -0.05) is 0 Å². The molecular weight excluding hydrogens is 271 g/mol. The molecule has 0 saturated carbocycles. The number of nitrogens with one attached hydrogen (secondary N) is 1. The first-order chi connectivity index (χ1) is 9.51. The van der Waals surface area contributed by atoms with Gasteiger partial charge < -0.3 is 10.1 Å². The molecule has 0 saturated heterocycles. The maximum absolute atomic E-state index is 13.1. The van der Waals surface area contributed by atoms with E-state index in [2.05, 4.69) is 5.32 Å². The highest BCUT2D eigenvalue weighted by Crippen LogP contribution is 2.25. The molecule has 0 bridgehead atoms. The highest BCUT2D eigenvalue weighted by Gasteiger charge is 2.13. The fraction of sp³-hybridized carbons (Fsp3) is 0.0714. The molecule has 20 heavy (non-hydrogen) atoms. The number of amides is 1. The van der Waals surface area contributed by atoms with E-state index in [1.54, 1.807) is 0 Å². The summed E-state index contributed by atoms with van der Waals surface area (Å²) < 4.78 is 43.9. The van der Waals surface area contributed by atoms with Gasteiger partial charge in [0.2, 0.25) is 0 Å². The lowest BCUT2D eigenvalue weighted by molar-refractivity contribution is 0.102. The molecule has 0 unspecified atom stereocenters. The molecule has 0 aliphatic rings. The molecule has 0 atom stereocenters. The molecule has 1 amide bonds. The van der Waals surface area contributed by atoms with Crippen LogP contribution in [0.2, 0.25) is 0 Å². The van der Waals surface area contributed by atoms with Crippen molar-refractivity contribution in [1.29, 1.82) is 0 Å². The monoisotopic (exact) mass is 281 g/mol. The summed E-state index contributed by atoms with van der Waals surface area (Å²) in [6, 6.07) is 6.31. The fourth-order valence-corrected chi connectivity index (χ4v) is 1.61. The van der Waals surface area contributed by atoms with Crippen molar-refractivity contribution >= 4 is 11.6 Å². The molecule has 0 aliphatic carbocycles. The van der Waals surface area contributed by atoms with Gasteiger partial charge in [0, 0.05) is 11.6 Å². The quantitative estimate of drug-likeness (QED) is 0.936. The molecular formula is C14H10F3NO2. The van der Waals surface area contributed by atoms with E-state index < -0.39 is 23.4 Å². The SMILES string of the molecule is COc1ccc(F)cc1NC(=O)c1ccc(F)c(F)c1. The van der Waals surface area contributed by atoms with Gasteiger partial charge in [-0.25, -0.2) is 13.2 Å². The smallest absolute Gasteiger partial charge is 0.255 e. The van der Waals surface area contributed by atoms with E-state index in [0.717, 1.165) is 24.3 Å². The van der Waals surface area contributed by atoms with Gasteiger partial charge in [-0.3, -0.25) is 4.79 Å². The van der Waals surface area contributed by atoms with Crippen LogP contribution in [0.1, 0.15) is 10.4 Å². The molecule has 6 heteroatoms. The molecule has 2 aromatic carbocycles. The molecule has 104 valence electrons. The van der Waals surface area contributed by atoms with Crippen LogP contribution in [0.5, 0.6) is 5.75 Å². The molecule has 0 aromatic heterocycles. The molecule has 0 spiro atoms. The fourth-order valence-electron chi connectivity index (χ4n) is 1.61. The van der Waals surface area contributed by atoms with Crippen molar-refractivity contribution in [2.45, 2.75) is 0 Å². The third-order valence-corrected chi connectivity index (χ3v) is 2.59. The summed E-state index contributed by atoms with van der Waals surface area (Å²) >= 11 is 0. The predicted molar refractivity (Wildman–Crippen MR) is 67.3 cm³/mol. The van der Waals surface area contributed by atoms with Gasteiger partial charge in [-0.15, -0.1) is 0 Å². The van der Waals surface area contributed by atoms with Crippen LogP contribution in [-0.2, 0) is 0 Å². The van der Waals surface area contributed by atoms with Crippen molar-refractivity contribution in [2.75, 3.05) is 12.4 Å². The van der Waals surface area contributed by atoms with E-state index in [9.17, 15) is 18.0 Å². The molecule has 0 heterocycles. The predicted octanol–water partition coefficient (Wildman–Crippen LogP) is 3.36. The van der Waals surface area contributed by atoms with Crippen LogP contribution in [-0.4, -0.2) is 13.0 Å². The Hall–Kier alpha value is -2.50. The molecule has 0 radical (unpaired) electrons. The Morgan fingerprint density at radius 3 is 2.45 bits per heavy atom. The van der Waals surface area contributed by atoms with Gasteiger partial charge in [0.15, 0.2) is 11.6 Å². The van der Waals surface area contributed by atoms with Crippen LogP contribution in [0.3, 0.4) is 0 Å². The van der Waals surface area contributed by atoms with E-state index in [-0.39, 0.29) is 17.0 Å². The maximum Gasteiger partial charge on any atom is 0.255 e. The van der Waals surface area contributed by atoms with Gasteiger partial charge in [0.25, 0.3) is 5.91 Å². The van der Waals surface area contributed by atoms with Gasteiger partial charge in [-0.2, -0.15) is 0 Å². The lowest BCUT2D eigenvalue weighted by Crippen LogP contribution is -2.13. The summed E-state index contributed by atoms with van der Waals surface area (Å²) in [7, 11) is 1.36. The standard InChI is InChI=1S/C14H10F3NO2/c1-20-13-5-3-9(15)7-12(13)18-14(19)8-2-4-10(16)11(17)6-8/h2-7H,1H3,(H,18,19). The molecule has 2 aromatic rings. The minimum absolute atomic E-state index is 0.0878. The first-order valence-electron chi connectivity index (χ1n) is 5.61. The largest absolute Gasteiger partial charge is 0.495 e. The molecule has 3 nitrogen and oxygen atoms in total. The molecule has 2 rings (SSSR count). The average Bonchev–Trinajstić information content (AvgIpc) is 2.42. The van der Waals surface area contributed by atoms with Gasteiger partial charge >= 0.3 is 0 Å². The summed E-state index contributed by atoms with van der Waals surface area (Å²) in [5.41, 5.74) is 0.0115. The number of hydrogen-bond acceptors (Lipinski definition) is 2. The van der Waals surface area contributed by atoms with E-state index in [1.807, 2.05) is 0 Å². The summed E-state index contributed by atoms with van der Waals surface area (Å²) in [5.74, 6) is -3.20. The summed E-state index contributed by atoms with van der Waals surface area (Å²) in [6.45, 7) is 0. The highest BCUT2D eigenvalue weighted by atomic mass is 19.2. The lowest BCUT2D eigenvalue weighted by Gasteiger charge is -2.10. The number of methoxy groups -OCH3 is 1. The Balaban J connectivity index is 2.27. The zero-order valence-corrected chi connectivity index (χ0v) is 10.4. The number of anilines is 1. The Kier molecular flexibility index (Phi) is 3.93. The number of hydrogen-bond donors (Lipinski definition) is 1. The van der Waals surface area contributed by atoms with Gasteiger partial charge in [-0.05, 0) is 30.3 Å². The highest BCUT2D eigenvalue weighted by molar-refractivity contribution is 6.05. The normalized spacial score (nSPS) is 10.2. The van der Waals surface area contributed by atoms with Crippen molar-refractivity contribution in [3.05, 3.63) is 59.4 Å². The molecule has 0 aliphatic heterocycles. The number of carbonyl (C=O) groups excluding carboxylic acids is 1. The zero-order chi connectivity index (χ0) is 14.7. The van der Waals surface area contributed by atoms with Gasteiger partial charge in [0.05, 0.1) is 12.8 Å². The first kappa shape index (κ1) is 13.9. The third-order valence-electron chi connectivity index (χ3n) is 2.59. The zero-order valence-electron chi connectivity index (χ0n) is 10.4. The Labute approximate surface area is 113 Å². The second-order valence-corrected chi connectivity index (χ2v) is 3.93. The van der Waals surface area contributed by atoms with Crippen molar-refractivity contribution in [3.63, 3.8) is 0 Å². The Morgan fingerprint density at radius 2 is 1.80 bits per heavy atom. The van der Waals surface area contributed by atoms with Crippen LogP contribution in [0.15, 0.2) is 36.4 Å². The van der Waals surface area contributed by atoms with Crippen LogP contribution < -0.4 is 10.1 Å². The minimum Gasteiger partial charge on any atom is -0.495 e. The number of rotatable bonds is 3. The van der Waals surface area contributed by atoms with E-state index in [4.69, 9.17) is 4.74 Å². The number of halogens is 3. The average molecular weight is 281 g/mol. The topological polar surface area (TPSA) is 38.3 Å². The second kappa shape index (κ2) is 5.64. The summed E-state index contributed by atoms with van der Waals surface area (Å²) in [4.78, 5) is 11.9. The van der Waals surface area contributed by atoms with Crippen LogP contribution >= 0.6 is 0 Å². The number of benzene rings is 2. The Bertz CT molecular complexity index is 659. The third kappa shape index (κ3) is 2.90. The van der Waals surface area contributed by atoms with E-state index >= 15 is 0 Å². The van der Waals surface area contributed by atoms with E-state index in [1.165, 1.54) is 19.2 Å². The number of carbonyl (C=O) groups is 1. The van der Waals surface area contributed by atoms with Crippen LogP contribution in [0.25, 0.3) is 0 Å². The van der Waals surface area contributed by atoms with Crippen molar-refractivity contribution in [3.8, 4) is 5.75 Å². The molecule has 0 fully saturated rings. The van der Waals surface area contributed by atoms with E-state index in [0.29, 0.717) is 0 Å². The minimum atomic E-state index is -1.14. The first-order valence-corrected chi connectivity index (χ1v) is 5.61. The summed E-state index contributed by atoms with van der Waals surface area (Å²) in [6.07, 6.45) is 0. The van der Waals surface area contributed by atoms with Crippen molar-refractivity contribution in [1.82, 2.24) is 0 Å². The van der Waals surface area contributed by atoms with Crippen LogP contribution in [0, 0.1) is 17.5 Å². The van der Waals surface area contributed by atoms with Crippen molar-refractivity contribution < 1.29 is 22.7 Å². The van der Waals surface area contributed by atoms with Gasteiger partial charge in [0.1, 0.15) is 11.6 Å². The number of ether oxygens (including phenoxy) is 1. The summed E-state index contributed by atoms with van der Waals surface area (Å²) in [5, 5.41) is 2.37. The maximum atomic E-state index is 13.1. The van der Waals surface area contributed by atoms with Crippen LogP contribution in [0.4, 0.5) is 18.9 Å². The molecule has 1 N–H and O–H groups in total. The lowest BCUT2D eigenvalue weighted by atomic mass is 10.2. The Morgan fingerprint density at radius 1 is 1.05 bits per heavy atom. The second-order valence-electron chi connectivity index (χ2n) is 3.93.